The number of benzene rings is 1. The second-order valence-electron chi connectivity index (χ2n) is 4.86. The van der Waals surface area contributed by atoms with Crippen LogP contribution in [0, 0.1) is 17.7 Å². The molecule has 1 aliphatic rings. The number of carbonyl (C=O) groups excluding carboxylic acids is 1. The van der Waals surface area contributed by atoms with Gasteiger partial charge in [-0.3, -0.25) is 4.79 Å². The summed E-state index contributed by atoms with van der Waals surface area (Å²) in [6.07, 6.45) is 0.983. The van der Waals surface area contributed by atoms with Crippen LogP contribution in [-0.4, -0.2) is 31.0 Å². The predicted molar refractivity (Wildman–Crippen MR) is 66.8 cm³/mol. The maximum Gasteiger partial charge on any atom is 0.225 e. The Morgan fingerprint density at radius 2 is 2.17 bits per heavy atom. The van der Waals surface area contributed by atoms with Gasteiger partial charge >= 0.3 is 0 Å². The lowest BCUT2D eigenvalue weighted by Gasteiger charge is -2.17. The first-order valence-electron chi connectivity index (χ1n) is 6.22. The molecule has 0 bridgehead atoms. The first-order chi connectivity index (χ1) is 8.59. The van der Waals surface area contributed by atoms with Crippen LogP contribution >= 0.6 is 0 Å². The molecule has 2 atom stereocenters. The number of amides is 1. The average Bonchev–Trinajstić information content (AvgIpc) is 3.08. The lowest BCUT2D eigenvalue weighted by Crippen LogP contribution is -2.32. The fourth-order valence-corrected chi connectivity index (χ4v) is 1.91. The molecular weight excluding hydrogens is 233 g/mol. The van der Waals surface area contributed by atoms with Gasteiger partial charge in [-0.05, 0) is 24.5 Å². The number of hydrogen-bond acceptors (Lipinski definition) is 2. The molecule has 98 valence electrons. The number of likely N-dealkylation sites (N-methyl/N-ethyl adjacent to an activating group) is 1. The SMILES string of the molecule is C[C@H]1C[C@@H]1C(=O)N(C)CCOc1ccccc1F. The van der Waals surface area contributed by atoms with E-state index in [0.717, 1.165) is 6.42 Å². The van der Waals surface area contributed by atoms with Gasteiger partial charge in [0.1, 0.15) is 6.61 Å². The van der Waals surface area contributed by atoms with Crippen molar-refractivity contribution >= 4 is 5.91 Å². The Morgan fingerprint density at radius 1 is 1.50 bits per heavy atom. The van der Waals surface area contributed by atoms with E-state index >= 15 is 0 Å². The van der Waals surface area contributed by atoms with Crippen molar-refractivity contribution in [3.8, 4) is 5.75 Å². The van der Waals surface area contributed by atoms with Gasteiger partial charge in [-0.15, -0.1) is 0 Å². The highest BCUT2D eigenvalue weighted by Gasteiger charge is 2.40. The van der Waals surface area contributed by atoms with Gasteiger partial charge in [-0.1, -0.05) is 19.1 Å². The lowest BCUT2D eigenvalue weighted by atomic mass is 10.3. The van der Waals surface area contributed by atoms with E-state index < -0.39 is 0 Å². The van der Waals surface area contributed by atoms with E-state index in [-0.39, 0.29) is 23.4 Å². The zero-order valence-corrected chi connectivity index (χ0v) is 10.7. The minimum Gasteiger partial charge on any atom is -0.489 e. The maximum atomic E-state index is 13.3. The van der Waals surface area contributed by atoms with Crippen LogP contribution in [-0.2, 0) is 4.79 Å². The largest absolute Gasteiger partial charge is 0.489 e. The smallest absolute Gasteiger partial charge is 0.225 e. The minimum absolute atomic E-state index is 0.166. The zero-order valence-electron chi connectivity index (χ0n) is 10.7. The number of para-hydroxylation sites is 1. The Kier molecular flexibility index (Phi) is 3.84. The van der Waals surface area contributed by atoms with E-state index in [1.165, 1.54) is 6.07 Å². The standard InChI is InChI=1S/C14H18FNO2/c1-10-9-11(10)14(17)16(2)7-8-18-13-6-4-3-5-12(13)15/h3-6,10-11H,7-9H2,1-2H3/t10-,11-/m0/s1. The molecule has 0 aliphatic heterocycles. The molecule has 0 radical (unpaired) electrons. The van der Waals surface area contributed by atoms with Gasteiger partial charge in [-0.2, -0.15) is 0 Å². The van der Waals surface area contributed by atoms with E-state index in [1.54, 1.807) is 30.1 Å². The summed E-state index contributed by atoms with van der Waals surface area (Å²) in [4.78, 5) is 13.5. The zero-order chi connectivity index (χ0) is 13.1. The summed E-state index contributed by atoms with van der Waals surface area (Å²) >= 11 is 0. The number of ether oxygens (including phenoxy) is 1. The molecule has 18 heavy (non-hydrogen) atoms. The number of carbonyl (C=O) groups is 1. The molecule has 2 rings (SSSR count). The highest BCUT2D eigenvalue weighted by molar-refractivity contribution is 5.81. The van der Waals surface area contributed by atoms with Crippen LogP contribution in [0.5, 0.6) is 5.75 Å². The van der Waals surface area contributed by atoms with Crippen LogP contribution in [0.2, 0.25) is 0 Å². The van der Waals surface area contributed by atoms with Crippen molar-refractivity contribution in [2.45, 2.75) is 13.3 Å². The van der Waals surface area contributed by atoms with Crippen LogP contribution in [0.25, 0.3) is 0 Å². The third kappa shape index (κ3) is 3.00. The minimum atomic E-state index is -0.373. The Labute approximate surface area is 107 Å². The lowest BCUT2D eigenvalue weighted by molar-refractivity contribution is -0.131. The Hall–Kier alpha value is -1.58. The molecule has 1 fully saturated rings. The van der Waals surface area contributed by atoms with Crippen LogP contribution in [0.1, 0.15) is 13.3 Å². The topological polar surface area (TPSA) is 29.5 Å². The average molecular weight is 251 g/mol. The van der Waals surface area contributed by atoms with Crippen molar-refractivity contribution in [3.05, 3.63) is 30.1 Å². The molecule has 1 amide bonds. The number of rotatable bonds is 5. The first kappa shape index (κ1) is 12.9. The third-order valence-corrected chi connectivity index (χ3v) is 3.32. The Bertz CT molecular complexity index is 436. The molecule has 0 spiro atoms. The molecule has 0 N–H and O–H groups in total. The van der Waals surface area contributed by atoms with E-state index in [1.807, 2.05) is 0 Å². The maximum absolute atomic E-state index is 13.3. The van der Waals surface area contributed by atoms with Crippen LogP contribution in [0.4, 0.5) is 4.39 Å². The fraction of sp³-hybridized carbons (Fsp3) is 0.500. The van der Waals surface area contributed by atoms with Crippen molar-refractivity contribution < 1.29 is 13.9 Å². The van der Waals surface area contributed by atoms with Crippen molar-refractivity contribution in [1.29, 1.82) is 0 Å². The number of nitrogens with zero attached hydrogens (tertiary/aromatic N) is 1. The van der Waals surface area contributed by atoms with Gasteiger partial charge in [0.05, 0.1) is 6.54 Å². The molecule has 1 aliphatic carbocycles. The molecular formula is C14H18FNO2. The van der Waals surface area contributed by atoms with Gasteiger partial charge in [0.25, 0.3) is 0 Å². The molecule has 4 heteroatoms. The summed E-state index contributed by atoms with van der Waals surface area (Å²) in [5.74, 6) is 0.718. The van der Waals surface area contributed by atoms with E-state index in [9.17, 15) is 9.18 Å². The van der Waals surface area contributed by atoms with Gasteiger partial charge in [0.15, 0.2) is 11.6 Å². The van der Waals surface area contributed by atoms with Crippen molar-refractivity contribution in [1.82, 2.24) is 4.90 Å². The highest BCUT2D eigenvalue weighted by atomic mass is 19.1. The monoisotopic (exact) mass is 251 g/mol. The molecule has 1 aromatic rings. The quantitative estimate of drug-likeness (QED) is 0.803. The number of halogens is 1. The molecule has 3 nitrogen and oxygen atoms in total. The molecule has 0 aromatic heterocycles. The van der Waals surface area contributed by atoms with E-state index in [4.69, 9.17) is 4.74 Å². The van der Waals surface area contributed by atoms with Gasteiger partial charge in [0, 0.05) is 13.0 Å². The van der Waals surface area contributed by atoms with E-state index in [2.05, 4.69) is 6.92 Å². The van der Waals surface area contributed by atoms with E-state index in [0.29, 0.717) is 19.1 Å². The Balaban J connectivity index is 1.75. The summed E-state index contributed by atoms with van der Waals surface area (Å²) in [6.45, 7) is 2.87. The molecule has 0 saturated heterocycles. The molecule has 0 heterocycles. The summed E-state index contributed by atoms with van der Waals surface area (Å²) < 4.78 is 18.6. The van der Waals surface area contributed by atoms with Crippen LogP contribution in [0.15, 0.2) is 24.3 Å². The molecule has 1 aromatic carbocycles. The molecule has 1 saturated carbocycles. The summed E-state index contributed by atoms with van der Waals surface area (Å²) in [6, 6.07) is 6.28. The van der Waals surface area contributed by atoms with Gasteiger partial charge in [0.2, 0.25) is 5.91 Å². The van der Waals surface area contributed by atoms with Crippen molar-refractivity contribution in [2.24, 2.45) is 11.8 Å². The summed E-state index contributed by atoms with van der Waals surface area (Å²) in [5, 5.41) is 0. The summed E-state index contributed by atoms with van der Waals surface area (Å²) in [7, 11) is 1.76. The predicted octanol–water partition coefficient (Wildman–Crippen LogP) is 2.32. The van der Waals surface area contributed by atoms with Crippen LogP contribution in [0.3, 0.4) is 0 Å². The third-order valence-electron chi connectivity index (χ3n) is 3.32. The fourth-order valence-electron chi connectivity index (χ4n) is 1.91. The van der Waals surface area contributed by atoms with Gasteiger partial charge < -0.3 is 9.64 Å². The van der Waals surface area contributed by atoms with Gasteiger partial charge in [-0.25, -0.2) is 4.39 Å². The highest BCUT2D eigenvalue weighted by Crippen LogP contribution is 2.38. The van der Waals surface area contributed by atoms with Crippen LogP contribution < -0.4 is 4.74 Å². The Morgan fingerprint density at radius 3 is 2.78 bits per heavy atom. The number of hydrogen-bond donors (Lipinski definition) is 0. The van der Waals surface area contributed by atoms with Crippen molar-refractivity contribution in [3.63, 3.8) is 0 Å². The first-order valence-corrected chi connectivity index (χ1v) is 6.22. The summed E-state index contributed by atoms with van der Waals surface area (Å²) in [5.41, 5.74) is 0. The van der Waals surface area contributed by atoms with Crippen molar-refractivity contribution in [2.75, 3.05) is 20.2 Å². The normalized spacial score (nSPS) is 21.5. The molecule has 0 unspecified atom stereocenters. The second kappa shape index (κ2) is 5.38. The second-order valence-corrected chi connectivity index (χ2v) is 4.86.